The summed E-state index contributed by atoms with van der Waals surface area (Å²) >= 11 is 6.51. The number of halogens is 1. The zero-order valence-electron chi connectivity index (χ0n) is 17.6. The Balaban J connectivity index is 1.58. The number of benzene rings is 1. The molecule has 0 bridgehead atoms. The number of hydrogen-bond acceptors (Lipinski definition) is 4. The molecule has 4 rings (SSSR count). The number of pyridine rings is 1. The Labute approximate surface area is 182 Å². The lowest BCUT2D eigenvalue weighted by Crippen LogP contribution is -2.35. The summed E-state index contributed by atoms with van der Waals surface area (Å²) < 4.78 is 5.72. The van der Waals surface area contributed by atoms with Crippen LogP contribution in [0.5, 0.6) is 0 Å². The molecule has 6 heteroatoms. The molecule has 30 heavy (non-hydrogen) atoms. The summed E-state index contributed by atoms with van der Waals surface area (Å²) in [6.45, 7) is 7.99. The minimum absolute atomic E-state index is 0.0303. The Hall–Kier alpha value is -2.66. The zero-order chi connectivity index (χ0) is 21.3. The lowest BCUT2D eigenvalue weighted by atomic mass is 9.90. The minimum atomic E-state index is -0.0530. The van der Waals surface area contributed by atoms with E-state index in [4.69, 9.17) is 16.0 Å². The zero-order valence-corrected chi connectivity index (χ0v) is 18.4. The van der Waals surface area contributed by atoms with E-state index in [2.05, 4.69) is 30.7 Å². The predicted molar refractivity (Wildman–Crippen MR) is 119 cm³/mol. The number of rotatable bonds is 3. The highest BCUT2D eigenvalue weighted by atomic mass is 35.5. The van der Waals surface area contributed by atoms with E-state index in [1.165, 1.54) is 6.42 Å². The van der Waals surface area contributed by atoms with Gasteiger partial charge >= 0.3 is 0 Å². The van der Waals surface area contributed by atoms with Crippen LogP contribution in [0, 0.1) is 0 Å². The van der Waals surface area contributed by atoms with Crippen LogP contribution in [-0.4, -0.2) is 33.9 Å². The van der Waals surface area contributed by atoms with Gasteiger partial charge in [-0.05, 0) is 49.6 Å². The SMILES string of the molecule is CC(C)(C)c1cc(-c2coc(-c3ccc(C(=O)N4CCCCC4)cc3Cl)n2)ccn1. The first kappa shape index (κ1) is 20.6. The van der Waals surface area contributed by atoms with Crippen LogP contribution in [0.15, 0.2) is 47.2 Å². The number of piperidine rings is 1. The minimum Gasteiger partial charge on any atom is -0.444 e. The summed E-state index contributed by atoms with van der Waals surface area (Å²) in [6, 6.07) is 9.26. The van der Waals surface area contributed by atoms with Crippen molar-refractivity contribution >= 4 is 17.5 Å². The van der Waals surface area contributed by atoms with Crippen LogP contribution in [0.1, 0.15) is 56.1 Å². The van der Waals surface area contributed by atoms with E-state index >= 15 is 0 Å². The Morgan fingerprint density at radius 1 is 1.10 bits per heavy atom. The molecule has 1 aliphatic rings. The van der Waals surface area contributed by atoms with E-state index in [-0.39, 0.29) is 11.3 Å². The van der Waals surface area contributed by atoms with Crippen molar-refractivity contribution in [1.29, 1.82) is 0 Å². The molecule has 156 valence electrons. The first-order chi connectivity index (χ1) is 14.3. The third-order valence-electron chi connectivity index (χ3n) is 5.42. The normalized spacial score (nSPS) is 14.7. The predicted octanol–water partition coefficient (Wildman–Crippen LogP) is 5.98. The molecular weight excluding hydrogens is 398 g/mol. The van der Waals surface area contributed by atoms with Gasteiger partial charge in [-0.3, -0.25) is 9.78 Å². The maximum absolute atomic E-state index is 12.7. The average molecular weight is 424 g/mol. The van der Waals surface area contributed by atoms with Crippen LogP contribution >= 0.6 is 11.6 Å². The molecule has 0 saturated carbocycles. The second kappa shape index (κ2) is 8.23. The molecule has 0 atom stereocenters. The van der Waals surface area contributed by atoms with Crippen LogP contribution in [0.4, 0.5) is 0 Å². The van der Waals surface area contributed by atoms with Crippen LogP contribution < -0.4 is 0 Å². The molecule has 1 aliphatic heterocycles. The Bertz CT molecular complexity index is 1060. The molecule has 3 aromatic rings. The number of hydrogen-bond donors (Lipinski definition) is 0. The van der Waals surface area contributed by atoms with Gasteiger partial charge < -0.3 is 9.32 Å². The monoisotopic (exact) mass is 423 g/mol. The van der Waals surface area contributed by atoms with Crippen LogP contribution in [0.25, 0.3) is 22.7 Å². The van der Waals surface area contributed by atoms with E-state index in [0.717, 1.165) is 42.9 Å². The number of carbonyl (C=O) groups is 1. The number of amides is 1. The first-order valence-corrected chi connectivity index (χ1v) is 10.7. The molecule has 0 spiro atoms. The molecule has 1 amide bonds. The molecule has 1 aromatic carbocycles. The van der Waals surface area contributed by atoms with E-state index in [1.54, 1.807) is 24.6 Å². The lowest BCUT2D eigenvalue weighted by molar-refractivity contribution is 0.0724. The second-order valence-corrected chi connectivity index (χ2v) is 9.17. The fraction of sp³-hybridized carbons (Fsp3) is 0.375. The number of likely N-dealkylation sites (tertiary alicyclic amines) is 1. The molecule has 3 heterocycles. The fourth-order valence-corrected chi connectivity index (χ4v) is 3.89. The highest BCUT2D eigenvalue weighted by molar-refractivity contribution is 6.33. The lowest BCUT2D eigenvalue weighted by Gasteiger charge is -2.26. The Morgan fingerprint density at radius 2 is 1.87 bits per heavy atom. The van der Waals surface area contributed by atoms with Crippen LogP contribution in [-0.2, 0) is 5.41 Å². The number of nitrogens with zero attached hydrogens (tertiary/aromatic N) is 3. The summed E-state index contributed by atoms with van der Waals surface area (Å²) in [5, 5.41) is 0.455. The molecule has 1 saturated heterocycles. The van der Waals surface area contributed by atoms with Gasteiger partial charge in [0, 0.05) is 41.5 Å². The molecular formula is C24H26ClN3O2. The van der Waals surface area contributed by atoms with Crippen molar-refractivity contribution in [3.63, 3.8) is 0 Å². The highest BCUT2D eigenvalue weighted by Crippen LogP contribution is 2.32. The van der Waals surface area contributed by atoms with Gasteiger partial charge in [0.25, 0.3) is 5.91 Å². The number of oxazole rings is 1. The summed E-state index contributed by atoms with van der Waals surface area (Å²) in [5.41, 5.74) is 3.87. The molecule has 0 N–H and O–H groups in total. The molecule has 0 radical (unpaired) electrons. The summed E-state index contributed by atoms with van der Waals surface area (Å²) in [4.78, 5) is 23.7. The van der Waals surface area contributed by atoms with Crippen LogP contribution in [0.2, 0.25) is 5.02 Å². The van der Waals surface area contributed by atoms with Crippen molar-refractivity contribution in [2.24, 2.45) is 0 Å². The summed E-state index contributed by atoms with van der Waals surface area (Å²) in [5.74, 6) is 0.462. The summed E-state index contributed by atoms with van der Waals surface area (Å²) in [6.07, 6.45) is 6.72. The van der Waals surface area contributed by atoms with E-state index in [0.29, 0.717) is 22.0 Å². The van der Waals surface area contributed by atoms with Gasteiger partial charge in [0.05, 0.1) is 10.6 Å². The third kappa shape index (κ3) is 4.26. The maximum atomic E-state index is 12.7. The van der Waals surface area contributed by atoms with Crippen molar-refractivity contribution < 1.29 is 9.21 Å². The van der Waals surface area contributed by atoms with E-state index in [1.807, 2.05) is 23.1 Å². The Morgan fingerprint density at radius 3 is 2.57 bits per heavy atom. The molecule has 2 aromatic heterocycles. The second-order valence-electron chi connectivity index (χ2n) is 8.77. The third-order valence-corrected chi connectivity index (χ3v) is 5.73. The smallest absolute Gasteiger partial charge is 0.253 e. The number of carbonyl (C=O) groups excluding carboxylic acids is 1. The van der Waals surface area contributed by atoms with Crippen molar-refractivity contribution in [2.45, 2.75) is 45.4 Å². The Kier molecular flexibility index (Phi) is 5.65. The average Bonchev–Trinajstić information content (AvgIpc) is 3.23. The van der Waals surface area contributed by atoms with Gasteiger partial charge in [-0.2, -0.15) is 0 Å². The maximum Gasteiger partial charge on any atom is 0.253 e. The molecule has 0 aliphatic carbocycles. The van der Waals surface area contributed by atoms with Gasteiger partial charge in [0.15, 0.2) is 0 Å². The highest BCUT2D eigenvalue weighted by Gasteiger charge is 2.21. The van der Waals surface area contributed by atoms with Crippen LogP contribution in [0.3, 0.4) is 0 Å². The van der Waals surface area contributed by atoms with E-state index < -0.39 is 0 Å². The van der Waals surface area contributed by atoms with Gasteiger partial charge in [0.2, 0.25) is 5.89 Å². The first-order valence-electron chi connectivity index (χ1n) is 10.3. The quantitative estimate of drug-likeness (QED) is 0.519. The van der Waals surface area contributed by atoms with Crippen molar-refractivity contribution in [2.75, 3.05) is 13.1 Å². The fourth-order valence-electron chi connectivity index (χ4n) is 3.63. The van der Waals surface area contributed by atoms with Crippen molar-refractivity contribution in [3.05, 3.63) is 59.1 Å². The van der Waals surface area contributed by atoms with E-state index in [9.17, 15) is 4.79 Å². The molecule has 1 fully saturated rings. The van der Waals surface area contributed by atoms with Gasteiger partial charge in [-0.15, -0.1) is 0 Å². The van der Waals surface area contributed by atoms with Gasteiger partial charge in [-0.1, -0.05) is 32.4 Å². The molecule has 5 nitrogen and oxygen atoms in total. The summed E-state index contributed by atoms with van der Waals surface area (Å²) in [7, 11) is 0. The standard InChI is InChI=1S/C24H26ClN3O2/c1-24(2,3)21-14-16(9-10-26-21)20-15-30-22(27-20)18-8-7-17(13-19(18)25)23(29)28-11-5-4-6-12-28/h7-10,13-15H,4-6,11-12H2,1-3H3. The van der Waals surface area contributed by atoms with Gasteiger partial charge in [0.1, 0.15) is 12.0 Å². The topological polar surface area (TPSA) is 59.2 Å². The largest absolute Gasteiger partial charge is 0.444 e. The van der Waals surface area contributed by atoms with Crippen molar-refractivity contribution in [1.82, 2.24) is 14.9 Å². The van der Waals surface area contributed by atoms with Crippen molar-refractivity contribution in [3.8, 4) is 22.7 Å². The van der Waals surface area contributed by atoms with Gasteiger partial charge in [-0.25, -0.2) is 4.98 Å². The number of aromatic nitrogens is 2. The molecule has 0 unspecified atom stereocenters.